The lowest BCUT2D eigenvalue weighted by atomic mass is 10.2. The molecule has 1 aromatic rings. The first kappa shape index (κ1) is 16.9. The van der Waals surface area contributed by atoms with E-state index < -0.39 is 0 Å². The van der Waals surface area contributed by atoms with Gasteiger partial charge in [0.2, 0.25) is 0 Å². The van der Waals surface area contributed by atoms with Crippen LogP contribution >= 0.6 is 0 Å². The van der Waals surface area contributed by atoms with Gasteiger partial charge in [0.05, 0.1) is 17.5 Å². The molecule has 1 aromatic heterocycles. The Hall–Kier alpha value is -2.10. The molecular formula is C15H22N2O2. The van der Waals surface area contributed by atoms with Crippen LogP contribution in [0.1, 0.15) is 38.1 Å². The van der Waals surface area contributed by atoms with Crippen molar-refractivity contribution >= 4 is 11.6 Å². The van der Waals surface area contributed by atoms with E-state index in [9.17, 15) is 4.79 Å². The first-order chi connectivity index (χ1) is 9.06. The Morgan fingerprint density at radius 3 is 2.58 bits per heavy atom. The Morgan fingerprint density at radius 1 is 1.47 bits per heavy atom. The number of amides is 1. The summed E-state index contributed by atoms with van der Waals surface area (Å²) in [6.07, 6.45) is 6.56. The number of furan rings is 1. The first-order valence-electron chi connectivity index (χ1n) is 6.23. The number of allylic oxidation sites excluding steroid dienone is 3. The maximum atomic E-state index is 11.8. The van der Waals surface area contributed by atoms with Gasteiger partial charge in [-0.15, -0.1) is 0 Å². The van der Waals surface area contributed by atoms with E-state index in [4.69, 9.17) is 4.42 Å². The second kappa shape index (κ2) is 8.91. The van der Waals surface area contributed by atoms with Gasteiger partial charge in [0, 0.05) is 7.05 Å². The van der Waals surface area contributed by atoms with Crippen LogP contribution in [0.15, 0.2) is 52.4 Å². The highest BCUT2D eigenvalue weighted by Crippen LogP contribution is 2.06. The number of hydrazone groups is 1. The number of hydrogen-bond acceptors (Lipinski definition) is 3. The van der Waals surface area contributed by atoms with Gasteiger partial charge in [0.15, 0.2) is 0 Å². The van der Waals surface area contributed by atoms with Gasteiger partial charge >= 0.3 is 0 Å². The normalized spacial score (nSPS) is 10.9. The van der Waals surface area contributed by atoms with Crippen molar-refractivity contribution in [2.75, 3.05) is 7.05 Å². The fourth-order valence-electron chi connectivity index (χ4n) is 1.23. The van der Waals surface area contributed by atoms with Crippen LogP contribution in [0.4, 0.5) is 0 Å². The highest BCUT2D eigenvalue weighted by molar-refractivity contribution is 6.01. The highest BCUT2D eigenvalue weighted by Gasteiger charge is 2.12. The van der Waals surface area contributed by atoms with Gasteiger partial charge in [-0.25, -0.2) is 5.01 Å². The molecule has 1 amide bonds. The number of hydrogen-bond donors (Lipinski definition) is 0. The Labute approximate surface area is 115 Å². The summed E-state index contributed by atoms with van der Waals surface area (Å²) in [7, 11) is 1.60. The van der Waals surface area contributed by atoms with Crippen LogP contribution in [0.5, 0.6) is 0 Å². The molecule has 1 heterocycles. The van der Waals surface area contributed by atoms with Gasteiger partial charge in [0.25, 0.3) is 5.91 Å². The molecule has 0 aliphatic rings. The van der Waals surface area contributed by atoms with E-state index >= 15 is 0 Å². The van der Waals surface area contributed by atoms with E-state index in [0.717, 1.165) is 5.57 Å². The van der Waals surface area contributed by atoms with Gasteiger partial charge in [-0.2, -0.15) is 5.10 Å². The van der Waals surface area contributed by atoms with E-state index in [1.807, 2.05) is 39.8 Å². The fourth-order valence-corrected chi connectivity index (χ4v) is 1.23. The molecule has 0 aliphatic carbocycles. The average Bonchev–Trinajstić information content (AvgIpc) is 2.94. The zero-order valence-corrected chi connectivity index (χ0v) is 12.3. The zero-order chi connectivity index (χ0) is 14.8. The molecule has 0 N–H and O–H groups in total. The Balaban J connectivity index is 0.00000154. The molecule has 0 bridgehead atoms. The third-order valence-electron chi connectivity index (χ3n) is 2.19. The molecule has 0 aromatic carbocycles. The number of rotatable bonds is 4. The lowest BCUT2D eigenvalue weighted by Crippen LogP contribution is -2.22. The van der Waals surface area contributed by atoms with Gasteiger partial charge in [-0.3, -0.25) is 4.79 Å². The molecule has 0 fully saturated rings. The molecule has 4 nitrogen and oxygen atoms in total. The molecule has 4 heteroatoms. The topological polar surface area (TPSA) is 45.8 Å². The maximum Gasteiger partial charge on any atom is 0.276 e. The van der Waals surface area contributed by atoms with Crippen molar-refractivity contribution < 1.29 is 9.21 Å². The molecule has 19 heavy (non-hydrogen) atoms. The summed E-state index contributed by atoms with van der Waals surface area (Å²) in [5.74, 6) is -0.216. The number of nitrogens with zero attached hydrogens (tertiary/aromatic N) is 2. The molecule has 0 radical (unpaired) electrons. The Morgan fingerprint density at radius 2 is 2.11 bits per heavy atom. The van der Waals surface area contributed by atoms with Gasteiger partial charge < -0.3 is 4.42 Å². The Bertz CT molecular complexity index is 456. The fraction of sp³-hybridized carbons (Fsp3) is 0.333. The van der Waals surface area contributed by atoms with Crippen LogP contribution in [0.25, 0.3) is 0 Å². The summed E-state index contributed by atoms with van der Waals surface area (Å²) >= 11 is 0. The molecule has 0 saturated carbocycles. The molecule has 0 spiro atoms. The lowest BCUT2D eigenvalue weighted by Gasteiger charge is -2.11. The van der Waals surface area contributed by atoms with E-state index in [1.54, 1.807) is 13.1 Å². The second-order valence-corrected chi connectivity index (χ2v) is 3.55. The van der Waals surface area contributed by atoms with Crippen LogP contribution in [-0.4, -0.2) is 23.7 Å². The van der Waals surface area contributed by atoms with Gasteiger partial charge in [-0.05, 0) is 25.5 Å². The van der Waals surface area contributed by atoms with Crippen molar-refractivity contribution in [1.82, 2.24) is 5.01 Å². The van der Waals surface area contributed by atoms with Gasteiger partial charge in [0.1, 0.15) is 6.26 Å². The standard InChI is InChI=1S/C13H16N2O2.C2H6/c1-5-6-10(2)11(3)14-15(4)13(16)12-7-8-17-9-12;1-2/h5-9H,2H2,1,3-4H3;1-2H3/b6-5-,14-11+;. The van der Waals surface area contributed by atoms with Crippen LogP contribution < -0.4 is 0 Å². The van der Waals surface area contributed by atoms with Crippen molar-refractivity contribution in [3.63, 3.8) is 0 Å². The second-order valence-electron chi connectivity index (χ2n) is 3.55. The van der Waals surface area contributed by atoms with Crippen molar-refractivity contribution in [2.45, 2.75) is 27.7 Å². The van der Waals surface area contributed by atoms with E-state index in [2.05, 4.69) is 11.7 Å². The monoisotopic (exact) mass is 262 g/mol. The largest absolute Gasteiger partial charge is 0.472 e. The molecule has 104 valence electrons. The minimum atomic E-state index is -0.216. The lowest BCUT2D eigenvalue weighted by molar-refractivity contribution is 0.0798. The van der Waals surface area contributed by atoms with Crippen LogP contribution in [-0.2, 0) is 0 Å². The molecule has 1 rings (SSSR count). The predicted octanol–water partition coefficient (Wildman–Crippen LogP) is 3.89. The highest BCUT2D eigenvalue weighted by atomic mass is 16.3. The zero-order valence-electron chi connectivity index (χ0n) is 12.3. The minimum absolute atomic E-state index is 0.216. The first-order valence-corrected chi connectivity index (χ1v) is 6.23. The predicted molar refractivity (Wildman–Crippen MR) is 79.2 cm³/mol. The summed E-state index contributed by atoms with van der Waals surface area (Å²) in [4.78, 5) is 11.8. The summed E-state index contributed by atoms with van der Waals surface area (Å²) in [6, 6.07) is 1.60. The van der Waals surface area contributed by atoms with Crippen molar-refractivity contribution in [3.8, 4) is 0 Å². The molecular weight excluding hydrogens is 240 g/mol. The third-order valence-corrected chi connectivity index (χ3v) is 2.19. The SMILES string of the molecule is C=C(/C=C\C)/C(C)=N/N(C)C(=O)c1ccoc1.CC. The summed E-state index contributed by atoms with van der Waals surface area (Å²) in [6.45, 7) is 11.6. The molecule has 0 saturated heterocycles. The van der Waals surface area contributed by atoms with E-state index in [0.29, 0.717) is 11.3 Å². The van der Waals surface area contributed by atoms with E-state index in [-0.39, 0.29) is 5.91 Å². The summed E-state index contributed by atoms with van der Waals surface area (Å²) in [5.41, 5.74) is 1.95. The average molecular weight is 262 g/mol. The minimum Gasteiger partial charge on any atom is -0.472 e. The van der Waals surface area contributed by atoms with Crippen LogP contribution in [0.3, 0.4) is 0 Å². The summed E-state index contributed by atoms with van der Waals surface area (Å²) in [5, 5.41) is 5.43. The molecule has 0 unspecified atom stereocenters. The van der Waals surface area contributed by atoms with Crippen molar-refractivity contribution in [1.29, 1.82) is 0 Å². The van der Waals surface area contributed by atoms with Crippen LogP contribution in [0, 0.1) is 0 Å². The molecule has 0 atom stereocenters. The van der Waals surface area contributed by atoms with E-state index in [1.165, 1.54) is 17.5 Å². The quantitative estimate of drug-likeness (QED) is 0.469. The smallest absolute Gasteiger partial charge is 0.276 e. The number of carbonyl (C=O) groups excluding carboxylic acids is 1. The number of carbonyl (C=O) groups is 1. The van der Waals surface area contributed by atoms with Crippen molar-refractivity contribution in [3.05, 3.63) is 48.5 Å². The third kappa shape index (κ3) is 5.38. The summed E-state index contributed by atoms with van der Waals surface area (Å²) < 4.78 is 4.85. The Kier molecular flexibility index (Phi) is 7.93. The molecule has 0 aliphatic heterocycles. The maximum absolute atomic E-state index is 11.8. The van der Waals surface area contributed by atoms with Crippen LogP contribution in [0.2, 0.25) is 0 Å². The van der Waals surface area contributed by atoms with Crippen molar-refractivity contribution in [2.24, 2.45) is 5.10 Å². The van der Waals surface area contributed by atoms with Gasteiger partial charge in [-0.1, -0.05) is 32.6 Å².